The van der Waals surface area contributed by atoms with Crippen LogP contribution in [0.4, 0.5) is 0 Å². The van der Waals surface area contributed by atoms with Gasteiger partial charge in [-0.15, -0.1) is 0 Å². The lowest BCUT2D eigenvalue weighted by molar-refractivity contribution is -0.378. The molecule has 5 nitrogen and oxygen atoms in total. The standard InChI is InChI=1S/C24H19ClN2O3/c1-15-4-6-18(7-5-15)22(28)20-21(17-8-10-19(25)11-9-17)27(24(30)23(20)29)14-16-3-2-12-26-13-16/h2-13,21,28H,14H2,1H3. The van der Waals surface area contributed by atoms with E-state index in [-0.39, 0.29) is 12.1 Å². The Bertz CT molecular complexity index is 1120. The molecule has 2 aromatic carbocycles. The molecule has 0 spiro atoms. The zero-order valence-corrected chi connectivity index (χ0v) is 17.0. The van der Waals surface area contributed by atoms with Crippen LogP contribution in [0.1, 0.15) is 28.3 Å². The Hall–Kier alpha value is -3.44. The highest BCUT2D eigenvalue weighted by Crippen LogP contribution is 2.39. The summed E-state index contributed by atoms with van der Waals surface area (Å²) in [5.41, 5.74) is 2.83. The summed E-state index contributed by atoms with van der Waals surface area (Å²) in [6.45, 7) is 2.11. The lowest BCUT2D eigenvalue weighted by Crippen LogP contribution is -2.29. The van der Waals surface area contributed by atoms with Crippen molar-refractivity contribution in [3.63, 3.8) is 0 Å². The summed E-state index contributed by atoms with van der Waals surface area (Å²) in [6, 6.07) is 16.7. The van der Waals surface area contributed by atoms with Gasteiger partial charge in [0.25, 0.3) is 5.91 Å². The molecule has 1 N–H and O–H groups in total. The van der Waals surface area contributed by atoms with E-state index in [2.05, 4.69) is 4.98 Å². The number of likely N-dealkylation sites (tertiary alicyclic amines) is 1. The Morgan fingerprint density at radius 1 is 1.07 bits per heavy atom. The molecule has 0 radical (unpaired) electrons. The Labute approximate surface area is 179 Å². The zero-order chi connectivity index (χ0) is 21.3. The van der Waals surface area contributed by atoms with Crippen molar-refractivity contribution >= 4 is 29.1 Å². The summed E-state index contributed by atoms with van der Waals surface area (Å²) in [4.78, 5) is 30.3. The van der Waals surface area contributed by atoms with Crippen molar-refractivity contribution in [1.82, 2.24) is 4.90 Å². The van der Waals surface area contributed by atoms with Crippen molar-refractivity contribution in [3.05, 3.63) is 106 Å². The maximum absolute atomic E-state index is 13.3. The first-order chi connectivity index (χ1) is 14.5. The number of ketones is 1. The molecule has 1 unspecified atom stereocenters. The Balaban J connectivity index is 1.85. The molecule has 2 heterocycles. The van der Waals surface area contributed by atoms with Gasteiger partial charge in [0.1, 0.15) is 0 Å². The van der Waals surface area contributed by atoms with Crippen molar-refractivity contribution in [1.29, 1.82) is 0 Å². The lowest BCUT2D eigenvalue weighted by atomic mass is 9.95. The molecule has 0 aliphatic carbocycles. The largest absolute Gasteiger partial charge is 0.872 e. The quantitative estimate of drug-likeness (QED) is 0.371. The van der Waals surface area contributed by atoms with Crippen LogP contribution in [-0.2, 0) is 16.1 Å². The molecule has 1 saturated heterocycles. The molecule has 1 fully saturated rings. The third kappa shape index (κ3) is 3.72. The van der Waals surface area contributed by atoms with Gasteiger partial charge in [0, 0.05) is 22.2 Å². The van der Waals surface area contributed by atoms with E-state index >= 15 is 0 Å². The molecular formula is C24H19ClN2O3. The third-order valence-electron chi connectivity index (χ3n) is 5.15. The number of hydrogen-bond donors (Lipinski definition) is 0. The minimum absolute atomic E-state index is 0.0360. The highest BCUT2D eigenvalue weighted by Gasteiger charge is 2.44. The number of halogens is 1. The van der Waals surface area contributed by atoms with E-state index in [4.69, 9.17) is 11.6 Å². The first-order valence-corrected chi connectivity index (χ1v) is 9.87. The minimum Gasteiger partial charge on any atom is -0.872 e. The van der Waals surface area contributed by atoms with Gasteiger partial charge in [0.05, 0.1) is 12.6 Å². The lowest BCUT2D eigenvalue weighted by Gasteiger charge is -2.27. The number of H-pyrrole nitrogens is 1. The smallest absolute Gasteiger partial charge is 0.295 e. The van der Waals surface area contributed by atoms with Gasteiger partial charge < -0.3 is 10.0 Å². The van der Waals surface area contributed by atoms with E-state index in [1.165, 1.54) is 4.90 Å². The Morgan fingerprint density at radius 3 is 2.40 bits per heavy atom. The second kappa shape index (κ2) is 8.13. The summed E-state index contributed by atoms with van der Waals surface area (Å²) in [5.74, 6) is -1.88. The zero-order valence-electron chi connectivity index (χ0n) is 16.3. The minimum atomic E-state index is -0.781. The number of Topliss-reactive ketones (excluding diaryl/α,β-unsaturated/α-hetero) is 1. The van der Waals surface area contributed by atoms with Crippen LogP contribution >= 0.6 is 11.6 Å². The fourth-order valence-corrected chi connectivity index (χ4v) is 3.74. The molecular weight excluding hydrogens is 400 g/mol. The van der Waals surface area contributed by atoms with Crippen LogP contribution in [-0.4, -0.2) is 16.6 Å². The number of aromatic nitrogens is 1. The molecule has 3 aromatic rings. The van der Waals surface area contributed by atoms with Crippen molar-refractivity contribution in [3.8, 4) is 0 Å². The number of benzene rings is 2. The summed E-state index contributed by atoms with van der Waals surface area (Å²) in [5, 5.41) is 13.8. The van der Waals surface area contributed by atoms with Crippen LogP contribution in [0.15, 0.2) is 78.6 Å². The fourth-order valence-electron chi connectivity index (χ4n) is 3.61. The average Bonchev–Trinajstić information content (AvgIpc) is 3.00. The van der Waals surface area contributed by atoms with Crippen molar-refractivity contribution in [2.24, 2.45) is 0 Å². The molecule has 1 aliphatic rings. The first kappa shape index (κ1) is 19.9. The number of nitrogens with one attached hydrogen (secondary N) is 1. The summed E-state index contributed by atoms with van der Waals surface area (Å²) in [6.07, 6.45) is 3.52. The average molecular weight is 419 g/mol. The highest BCUT2D eigenvalue weighted by atomic mass is 35.5. The van der Waals surface area contributed by atoms with Gasteiger partial charge in [-0.3, -0.25) is 9.59 Å². The predicted octanol–water partition coefficient (Wildman–Crippen LogP) is 2.89. The molecule has 150 valence electrons. The van der Waals surface area contributed by atoms with E-state index in [0.29, 0.717) is 16.1 Å². The number of nitrogens with zero attached hydrogens (tertiary/aromatic N) is 1. The van der Waals surface area contributed by atoms with Crippen LogP contribution in [0.25, 0.3) is 5.76 Å². The number of carbonyl (C=O) groups excluding carboxylic acids is 2. The number of pyridine rings is 1. The Kier molecular flexibility index (Phi) is 5.38. The van der Waals surface area contributed by atoms with Gasteiger partial charge >= 0.3 is 0 Å². The molecule has 1 aromatic heterocycles. The molecule has 30 heavy (non-hydrogen) atoms. The molecule has 1 amide bonds. The summed E-state index contributed by atoms with van der Waals surface area (Å²) >= 11 is 6.03. The number of amides is 1. The van der Waals surface area contributed by atoms with E-state index in [9.17, 15) is 14.7 Å². The third-order valence-corrected chi connectivity index (χ3v) is 5.41. The van der Waals surface area contributed by atoms with Crippen LogP contribution in [0.2, 0.25) is 5.02 Å². The summed E-state index contributed by atoms with van der Waals surface area (Å²) in [7, 11) is 0. The van der Waals surface area contributed by atoms with Gasteiger partial charge in [0.2, 0.25) is 5.78 Å². The molecule has 0 saturated carbocycles. The maximum Gasteiger partial charge on any atom is 0.295 e. The van der Waals surface area contributed by atoms with Gasteiger partial charge in [-0.25, -0.2) is 4.98 Å². The van der Waals surface area contributed by atoms with E-state index < -0.39 is 23.5 Å². The number of aromatic amines is 1. The van der Waals surface area contributed by atoms with Crippen LogP contribution in [0, 0.1) is 6.92 Å². The van der Waals surface area contributed by atoms with Crippen LogP contribution < -0.4 is 10.1 Å². The maximum atomic E-state index is 13.3. The van der Waals surface area contributed by atoms with Crippen LogP contribution in [0.3, 0.4) is 0 Å². The SMILES string of the molecule is Cc1ccc(C([O-])=C2C(=O)C(=O)N(Cc3ccc[nH+]c3)C2c2ccc(Cl)cc2)cc1. The van der Waals surface area contributed by atoms with Crippen molar-refractivity contribution in [2.75, 3.05) is 0 Å². The van der Waals surface area contributed by atoms with Crippen LogP contribution in [0.5, 0.6) is 0 Å². The fraction of sp³-hybridized carbons (Fsp3) is 0.125. The monoisotopic (exact) mass is 418 g/mol. The second-order valence-corrected chi connectivity index (χ2v) is 7.67. The number of aryl methyl sites for hydroxylation is 1. The number of hydrogen-bond acceptors (Lipinski definition) is 3. The van der Waals surface area contributed by atoms with E-state index in [1.54, 1.807) is 48.8 Å². The van der Waals surface area contributed by atoms with Gasteiger partial charge in [-0.1, -0.05) is 59.3 Å². The van der Waals surface area contributed by atoms with E-state index in [1.807, 2.05) is 31.2 Å². The first-order valence-electron chi connectivity index (χ1n) is 9.49. The number of carbonyl (C=O) groups is 2. The van der Waals surface area contributed by atoms with Gasteiger partial charge in [0.15, 0.2) is 12.4 Å². The molecule has 6 heteroatoms. The van der Waals surface area contributed by atoms with Crippen molar-refractivity contribution in [2.45, 2.75) is 19.5 Å². The Morgan fingerprint density at radius 2 is 1.77 bits per heavy atom. The highest BCUT2D eigenvalue weighted by molar-refractivity contribution is 6.46. The predicted molar refractivity (Wildman–Crippen MR) is 111 cm³/mol. The molecule has 1 atom stereocenters. The van der Waals surface area contributed by atoms with Gasteiger partial charge in [-0.05, 0) is 36.2 Å². The van der Waals surface area contributed by atoms with Gasteiger partial charge in [-0.2, -0.15) is 0 Å². The molecule has 1 aliphatic heterocycles. The molecule has 4 rings (SSSR count). The van der Waals surface area contributed by atoms with Crippen molar-refractivity contribution < 1.29 is 19.7 Å². The topological polar surface area (TPSA) is 74.6 Å². The summed E-state index contributed by atoms with van der Waals surface area (Å²) < 4.78 is 0. The van der Waals surface area contributed by atoms with E-state index in [0.717, 1.165) is 11.1 Å². The molecule has 0 bridgehead atoms. The normalized spacial score (nSPS) is 18.1. The second-order valence-electron chi connectivity index (χ2n) is 7.24. The number of rotatable bonds is 4.